The van der Waals surface area contributed by atoms with Crippen molar-refractivity contribution in [3.8, 4) is 0 Å². The Labute approximate surface area is 81.5 Å². The Bertz CT molecular complexity index is 160. The Morgan fingerprint density at radius 1 is 1.46 bits per heavy atom. The predicted molar refractivity (Wildman–Crippen MR) is 55.4 cm³/mol. The van der Waals surface area contributed by atoms with Gasteiger partial charge in [-0.05, 0) is 43.1 Å². The molecule has 1 fully saturated rings. The number of nitrogens with two attached hydrogens (primary N) is 1. The lowest BCUT2D eigenvalue weighted by atomic mass is 9.63. The van der Waals surface area contributed by atoms with E-state index in [4.69, 9.17) is 10.8 Å². The van der Waals surface area contributed by atoms with Gasteiger partial charge in [-0.3, -0.25) is 0 Å². The Balaban J connectivity index is 2.63. The van der Waals surface area contributed by atoms with E-state index in [1.54, 1.807) is 0 Å². The highest BCUT2D eigenvalue weighted by Gasteiger charge is 2.38. The highest BCUT2D eigenvalue weighted by molar-refractivity contribution is 4.90. The SMILES string of the molecule is CC1CCC(CN)(CCO)C(C)C1. The van der Waals surface area contributed by atoms with E-state index < -0.39 is 0 Å². The van der Waals surface area contributed by atoms with Gasteiger partial charge in [0.25, 0.3) is 0 Å². The van der Waals surface area contributed by atoms with Crippen LogP contribution in [0.5, 0.6) is 0 Å². The van der Waals surface area contributed by atoms with Gasteiger partial charge in [-0.1, -0.05) is 20.3 Å². The second-order valence-corrected chi connectivity index (χ2v) is 4.82. The van der Waals surface area contributed by atoms with E-state index in [9.17, 15) is 0 Å². The standard InChI is InChI=1S/C11H23NO/c1-9-3-4-11(8-12,5-6-13)10(2)7-9/h9-10,13H,3-8,12H2,1-2H3. The van der Waals surface area contributed by atoms with Crippen molar-refractivity contribution in [1.82, 2.24) is 0 Å². The van der Waals surface area contributed by atoms with Crippen molar-refractivity contribution < 1.29 is 5.11 Å². The van der Waals surface area contributed by atoms with Gasteiger partial charge in [0.15, 0.2) is 0 Å². The van der Waals surface area contributed by atoms with Crippen molar-refractivity contribution in [2.75, 3.05) is 13.2 Å². The first kappa shape index (κ1) is 11.0. The van der Waals surface area contributed by atoms with Crippen LogP contribution in [0.1, 0.15) is 39.5 Å². The van der Waals surface area contributed by atoms with Crippen molar-refractivity contribution in [3.63, 3.8) is 0 Å². The Morgan fingerprint density at radius 3 is 2.62 bits per heavy atom. The zero-order valence-corrected chi connectivity index (χ0v) is 8.92. The third kappa shape index (κ3) is 2.23. The molecule has 2 heteroatoms. The van der Waals surface area contributed by atoms with Crippen molar-refractivity contribution >= 4 is 0 Å². The van der Waals surface area contributed by atoms with Gasteiger partial charge in [0.2, 0.25) is 0 Å². The van der Waals surface area contributed by atoms with Crippen LogP contribution in [-0.2, 0) is 0 Å². The topological polar surface area (TPSA) is 46.2 Å². The van der Waals surface area contributed by atoms with Crippen LogP contribution in [0.3, 0.4) is 0 Å². The predicted octanol–water partition coefficient (Wildman–Crippen LogP) is 1.77. The molecule has 78 valence electrons. The summed E-state index contributed by atoms with van der Waals surface area (Å²) >= 11 is 0. The summed E-state index contributed by atoms with van der Waals surface area (Å²) in [5.41, 5.74) is 6.09. The van der Waals surface area contributed by atoms with Gasteiger partial charge in [0, 0.05) is 6.61 Å². The molecule has 1 rings (SSSR count). The Kier molecular flexibility index (Phi) is 3.74. The van der Waals surface area contributed by atoms with Crippen LogP contribution in [0, 0.1) is 17.3 Å². The minimum absolute atomic E-state index is 0.237. The van der Waals surface area contributed by atoms with Gasteiger partial charge in [-0.25, -0.2) is 0 Å². The fourth-order valence-corrected chi connectivity index (χ4v) is 2.75. The molecule has 1 saturated carbocycles. The van der Waals surface area contributed by atoms with Crippen molar-refractivity contribution in [2.24, 2.45) is 23.0 Å². The molecule has 0 heterocycles. The van der Waals surface area contributed by atoms with E-state index in [0.29, 0.717) is 5.92 Å². The lowest BCUT2D eigenvalue weighted by Crippen LogP contribution is -2.41. The number of aliphatic hydroxyl groups excluding tert-OH is 1. The van der Waals surface area contributed by atoms with Crippen LogP contribution < -0.4 is 5.73 Å². The van der Waals surface area contributed by atoms with Crippen LogP contribution in [-0.4, -0.2) is 18.3 Å². The van der Waals surface area contributed by atoms with Crippen LogP contribution >= 0.6 is 0 Å². The van der Waals surface area contributed by atoms with E-state index in [-0.39, 0.29) is 12.0 Å². The molecule has 1 aliphatic carbocycles. The second kappa shape index (κ2) is 4.43. The first-order valence-corrected chi connectivity index (χ1v) is 5.45. The van der Waals surface area contributed by atoms with E-state index in [2.05, 4.69) is 13.8 Å². The first-order valence-electron chi connectivity index (χ1n) is 5.45. The molecular weight excluding hydrogens is 162 g/mol. The molecule has 2 nitrogen and oxygen atoms in total. The molecule has 13 heavy (non-hydrogen) atoms. The molecule has 0 radical (unpaired) electrons. The van der Waals surface area contributed by atoms with E-state index in [1.807, 2.05) is 0 Å². The molecule has 3 atom stereocenters. The summed E-state index contributed by atoms with van der Waals surface area (Å²) in [7, 11) is 0. The minimum Gasteiger partial charge on any atom is -0.396 e. The van der Waals surface area contributed by atoms with E-state index >= 15 is 0 Å². The van der Waals surface area contributed by atoms with Crippen molar-refractivity contribution in [2.45, 2.75) is 39.5 Å². The normalized spacial score (nSPS) is 40.6. The molecule has 0 spiro atoms. The number of aliphatic hydroxyl groups is 1. The van der Waals surface area contributed by atoms with Crippen LogP contribution in [0.4, 0.5) is 0 Å². The first-order chi connectivity index (χ1) is 6.14. The molecule has 0 aromatic rings. The fourth-order valence-electron chi connectivity index (χ4n) is 2.75. The molecule has 0 aliphatic heterocycles. The monoisotopic (exact) mass is 185 g/mol. The van der Waals surface area contributed by atoms with Gasteiger partial charge in [0.1, 0.15) is 0 Å². The molecule has 0 saturated heterocycles. The molecule has 0 amide bonds. The number of rotatable bonds is 3. The van der Waals surface area contributed by atoms with Crippen molar-refractivity contribution in [1.29, 1.82) is 0 Å². The highest BCUT2D eigenvalue weighted by atomic mass is 16.3. The largest absolute Gasteiger partial charge is 0.396 e. The summed E-state index contributed by atoms with van der Waals surface area (Å²) in [6.45, 7) is 5.63. The van der Waals surface area contributed by atoms with E-state index in [0.717, 1.165) is 18.9 Å². The molecule has 0 aromatic heterocycles. The summed E-state index contributed by atoms with van der Waals surface area (Å²) in [4.78, 5) is 0. The highest BCUT2D eigenvalue weighted by Crippen LogP contribution is 2.44. The van der Waals surface area contributed by atoms with Gasteiger partial charge in [0.05, 0.1) is 0 Å². The fraction of sp³-hybridized carbons (Fsp3) is 1.00. The number of hydrogen-bond donors (Lipinski definition) is 2. The molecule has 3 N–H and O–H groups in total. The smallest absolute Gasteiger partial charge is 0.0436 e. The van der Waals surface area contributed by atoms with Gasteiger partial charge >= 0.3 is 0 Å². The number of hydrogen-bond acceptors (Lipinski definition) is 2. The van der Waals surface area contributed by atoms with Crippen LogP contribution in [0.25, 0.3) is 0 Å². The summed E-state index contributed by atoms with van der Waals surface area (Å²) in [5, 5.41) is 9.04. The molecule has 0 bridgehead atoms. The Morgan fingerprint density at radius 2 is 2.15 bits per heavy atom. The Hall–Kier alpha value is -0.0800. The average Bonchev–Trinajstić information content (AvgIpc) is 2.11. The third-order valence-electron chi connectivity index (χ3n) is 3.95. The lowest BCUT2D eigenvalue weighted by Gasteiger charge is -2.44. The molecule has 3 unspecified atom stereocenters. The maximum atomic E-state index is 9.04. The molecule has 0 aromatic carbocycles. The maximum Gasteiger partial charge on any atom is 0.0436 e. The third-order valence-corrected chi connectivity index (χ3v) is 3.95. The summed E-state index contributed by atoms with van der Waals surface area (Å²) in [5.74, 6) is 1.52. The van der Waals surface area contributed by atoms with Crippen molar-refractivity contribution in [3.05, 3.63) is 0 Å². The average molecular weight is 185 g/mol. The summed E-state index contributed by atoms with van der Waals surface area (Å²) in [6, 6.07) is 0. The molecular formula is C11H23NO. The lowest BCUT2D eigenvalue weighted by molar-refractivity contribution is 0.0571. The quantitative estimate of drug-likeness (QED) is 0.704. The van der Waals surface area contributed by atoms with Gasteiger partial charge in [-0.15, -0.1) is 0 Å². The van der Waals surface area contributed by atoms with Crippen LogP contribution in [0.15, 0.2) is 0 Å². The summed E-state index contributed by atoms with van der Waals surface area (Å²) in [6.07, 6.45) is 4.64. The minimum atomic E-state index is 0.237. The zero-order chi connectivity index (χ0) is 9.90. The summed E-state index contributed by atoms with van der Waals surface area (Å²) < 4.78 is 0. The van der Waals surface area contributed by atoms with Gasteiger partial charge < -0.3 is 10.8 Å². The molecule has 1 aliphatic rings. The zero-order valence-electron chi connectivity index (χ0n) is 8.92. The van der Waals surface area contributed by atoms with Gasteiger partial charge in [-0.2, -0.15) is 0 Å². The second-order valence-electron chi connectivity index (χ2n) is 4.82. The van der Waals surface area contributed by atoms with E-state index in [1.165, 1.54) is 19.3 Å². The maximum absolute atomic E-state index is 9.04. The van der Waals surface area contributed by atoms with Crippen LogP contribution in [0.2, 0.25) is 0 Å².